The van der Waals surface area contributed by atoms with Crippen molar-refractivity contribution in [1.29, 1.82) is 0 Å². The maximum absolute atomic E-state index is 9.59. The van der Waals surface area contributed by atoms with Crippen LogP contribution in [-0.4, -0.2) is 22.7 Å². The molecule has 78 valence electrons. The molecule has 2 unspecified atom stereocenters. The van der Waals surface area contributed by atoms with Gasteiger partial charge in [-0.3, -0.25) is 0 Å². The van der Waals surface area contributed by atoms with Crippen LogP contribution in [-0.2, 0) is 0 Å². The van der Waals surface area contributed by atoms with E-state index in [-0.39, 0.29) is 6.10 Å². The molecule has 0 aliphatic heterocycles. The van der Waals surface area contributed by atoms with Gasteiger partial charge in [-0.1, -0.05) is 18.0 Å². The largest absolute Gasteiger partial charge is 0.393 e. The fourth-order valence-electron chi connectivity index (χ4n) is 1.81. The summed E-state index contributed by atoms with van der Waals surface area (Å²) in [5.41, 5.74) is 0. The van der Waals surface area contributed by atoms with Crippen molar-refractivity contribution < 1.29 is 5.11 Å². The highest BCUT2D eigenvalue weighted by Gasteiger charge is 2.24. The van der Waals surface area contributed by atoms with E-state index in [0.29, 0.717) is 11.1 Å². The van der Waals surface area contributed by atoms with Crippen molar-refractivity contribution in [3.05, 3.63) is 10.5 Å². The molecule has 1 saturated carbocycles. The zero-order valence-electron chi connectivity index (χ0n) is 7.74. The predicted octanol–water partition coefficient (Wildman–Crippen LogP) is 2.37. The summed E-state index contributed by atoms with van der Waals surface area (Å²) in [6.07, 6.45) is 3.03. The minimum absolute atomic E-state index is 0.141. The van der Waals surface area contributed by atoms with Crippen molar-refractivity contribution in [1.82, 2.24) is 4.98 Å². The quantitative estimate of drug-likeness (QED) is 0.841. The number of nitrogens with one attached hydrogen (secondary N) is 1. The van der Waals surface area contributed by atoms with Crippen molar-refractivity contribution in [3.8, 4) is 0 Å². The summed E-state index contributed by atoms with van der Waals surface area (Å²) in [7, 11) is 0. The average Bonchev–Trinajstić information content (AvgIpc) is 2.72. The Balaban J connectivity index is 1.82. The van der Waals surface area contributed by atoms with Gasteiger partial charge in [-0.05, 0) is 12.8 Å². The number of halogens is 1. The van der Waals surface area contributed by atoms with Gasteiger partial charge in [0.05, 0.1) is 6.10 Å². The molecule has 0 radical (unpaired) electrons. The van der Waals surface area contributed by atoms with Crippen LogP contribution in [0.2, 0.25) is 5.15 Å². The van der Waals surface area contributed by atoms with Crippen LogP contribution >= 0.6 is 22.9 Å². The molecule has 0 spiro atoms. The first-order valence-corrected chi connectivity index (χ1v) is 6.04. The van der Waals surface area contributed by atoms with Crippen molar-refractivity contribution in [2.45, 2.75) is 25.4 Å². The van der Waals surface area contributed by atoms with Crippen molar-refractivity contribution in [2.75, 3.05) is 11.9 Å². The molecular weight excluding hydrogens is 220 g/mol. The van der Waals surface area contributed by atoms with Gasteiger partial charge < -0.3 is 10.4 Å². The number of rotatable bonds is 3. The third-order valence-electron chi connectivity index (χ3n) is 2.61. The summed E-state index contributed by atoms with van der Waals surface area (Å²) < 4.78 is 0. The molecule has 0 bridgehead atoms. The van der Waals surface area contributed by atoms with Crippen molar-refractivity contribution in [3.63, 3.8) is 0 Å². The van der Waals surface area contributed by atoms with Crippen LogP contribution in [0, 0.1) is 5.92 Å². The highest BCUT2D eigenvalue weighted by Crippen LogP contribution is 2.26. The van der Waals surface area contributed by atoms with Crippen LogP contribution in [0.5, 0.6) is 0 Å². The fourth-order valence-corrected chi connectivity index (χ4v) is 2.66. The Morgan fingerprint density at radius 2 is 2.50 bits per heavy atom. The highest BCUT2D eigenvalue weighted by molar-refractivity contribution is 7.14. The lowest BCUT2D eigenvalue weighted by molar-refractivity contribution is 0.138. The second kappa shape index (κ2) is 4.47. The zero-order chi connectivity index (χ0) is 9.97. The smallest absolute Gasteiger partial charge is 0.184 e. The Bertz CT molecular complexity index is 305. The molecule has 1 aliphatic carbocycles. The van der Waals surface area contributed by atoms with Gasteiger partial charge in [0.15, 0.2) is 5.13 Å². The maximum Gasteiger partial charge on any atom is 0.184 e. The number of hydrogen-bond donors (Lipinski definition) is 2. The van der Waals surface area contributed by atoms with Crippen LogP contribution in [0.1, 0.15) is 19.3 Å². The molecule has 0 aromatic carbocycles. The van der Waals surface area contributed by atoms with E-state index in [9.17, 15) is 5.11 Å². The summed E-state index contributed by atoms with van der Waals surface area (Å²) in [6, 6.07) is 0. The van der Waals surface area contributed by atoms with Gasteiger partial charge >= 0.3 is 0 Å². The summed E-state index contributed by atoms with van der Waals surface area (Å²) in [5.74, 6) is 0.373. The Labute approximate surface area is 92.1 Å². The van der Waals surface area contributed by atoms with Crippen molar-refractivity contribution >= 4 is 28.1 Å². The predicted molar refractivity (Wildman–Crippen MR) is 59.0 cm³/mol. The fraction of sp³-hybridized carbons (Fsp3) is 0.667. The first-order chi connectivity index (χ1) is 6.75. The number of aromatic nitrogens is 1. The number of thiazole rings is 1. The molecule has 2 atom stereocenters. The minimum atomic E-state index is -0.141. The molecule has 3 nitrogen and oxygen atoms in total. The average molecular weight is 233 g/mol. The summed E-state index contributed by atoms with van der Waals surface area (Å²) in [4.78, 5) is 4.09. The van der Waals surface area contributed by atoms with Gasteiger partial charge in [0, 0.05) is 17.8 Å². The Morgan fingerprint density at radius 1 is 1.64 bits per heavy atom. The van der Waals surface area contributed by atoms with E-state index >= 15 is 0 Å². The van der Waals surface area contributed by atoms with Gasteiger partial charge in [0.1, 0.15) is 5.15 Å². The second-order valence-corrected chi connectivity index (χ2v) is 4.86. The topological polar surface area (TPSA) is 45.1 Å². The van der Waals surface area contributed by atoms with Gasteiger partial charge in [0.2, 0.25) is 0 Å². The van der Waals surface area contributed by atoms with E-state index in [1.807, 2.05) is 0 Å². The van der Waals surface area contributed by atoms with Gasteiger partial charge in [-0.2, -0.15) is 0 Å². The Morgan fingerprint density at radius 3 is 3.07 bits per heavy atom. The van der Waals surface area contributed by atoms with E-state index in [0.717, 1.165) is 30.9 Å². The van der Waals surface area contributed by atoms with Crippen molar-refractivity contribution in [2.24, 2.45) is 5.92 Å². The van der Waals surface area contributed by atoms with Crippen LogP contribution < -0.4 is 5.32 Å². The standard InChI is InChI=1S/C9H13ClN2OS/c10-8-5-14-9(12-8)11-4-6-2-1-3-7(6)13/h5-7,13H,1-4H2,(H,11,12). The van der Waals surface area contributed by atoms with E-state index in [4.69, 9.17) is 11.6 Å². The molecule has 1 aromatic rings. The second-order valence-electron chi connectivity index (χ2n) is 3.61. The molecule has 1 fully saturated rings. The first kappa shape index (κ1) is 10.2. The molecular formula is C9H13ClN2OS. The van der Waals surface area contributed by atoms with Gasteiger partial charge in [-0.15, -0.1) is 11.3 Å². The minimum Gasteiger partial charge on any atom is -0.393 e. The zero-order valence-corrected chi connectivity index (χ0v) is 9.31. The molecule has 14 heavy (non-hydrogen) atoms. The van der Waals surface area contributed by atoms with E-state index < -0.39 is 0 Å². The molecule has 1 heterocycles. The van der Waals surface area contributed by atoms with Crippen LogP contribution in [0.4, 0.5) is 5.13 Å². The number of aliphatic hydroxyl groups is 1. The van der Waals surface area contributed by atoms with Crippen LogP contribution in [0.3, 0.4) is 0 Å². The maximum atomic E-state index is 9.59. The Hall–Kier alpha value is -0.320. The number of anilines is 1. The lowest BCUT2D eigenvalue weighted by atomic mass is 10.1. The normalized spacial score (nSPS) is 26.7. The first-order valence-electron chi connectivity index (χ1n) is 4.78. The third kappa shape index (κ3) is 2.38. The SMILES string of the molecule is OC1CCCC1CNc1nc(Cl)cs1. The van der Waals surface area contributed by atoms with Crippen LogP contribution in [0.15, 0.2) is 5.38 Å². The Kier molecular flexibility index (Phi) is 3.26. The number of hydrogen-bond acceptors (Lipinski definition) is 4. The molecule has 1 aliphatic rings. The lowest BCUT2D eigenvalue weighted by Gasteiger charge is -2.14. The molecule has 1 aromatic heterocycles. The van der Waals surface area contributed by atoms with Crippen LogP contribution in [0.25, 0.3) is 0 Å². The summed E-state index contributed by atoms with van der Waals surface area (Å²) >= 11 is 7.19. The molecule has 0 amide bonds. The highest BCUT2D eigenvalue weighted by atomic mass is 35.5. The number of nitrogens with zero attached hydrogens (tertiary/aromatic N) is 1. The monoisotopic (exact) mass is 232 g/mol. The summed E-state index contributed by atoms with van der Waals surface area (Å²) in [6.45, 7) is 0.797. The third-order valence-corrected chi connectivity index (χ3v) is 3.73. The molecule has 2 rings (SSSR count). The molecule has 2 N–H and O–H groups in total. The molecule has 5 heteroatoms. The van der Waals surface area contributed by atoms with Gasteiger partial charge in [-0.25, -0.2) is 4.98 Å². The summed E-state index contributed by atoms with van der Waals surface area (Å²) in [5, 5.41) is 16.0. The van der Waals surface area contributed by atoms with E-state index in [2.05, 4.69) is 10.3 Å². The molecule has 0 saturated heterocycles. The van der Waals surface area contributed by atoms with E-state index in [1.165, 1.54) is 11.3 Å². The number of aliphatic hydroxyl groups excluding tert-OH is 1. The lowest BCUT2D eigenvalue weighted by Crippen LogP contribution is -2.21. The van der Waals surface area contributed by atoms with Gasteiger partial charge in [0.25, 0.3) is 0 Å². The van der Waals surface area contributed by atoms with E-state index in [1.54, 1.807) is 5.38 Å².